The lowest BCUT2D eigenvalue weighted by Gasteiger charge is -2.35. The molecule has 196 valence electrons. The van der Waals surface area contributed by atoms with Gasteiger partial charge >= 0.3 is 5.97 Å². The van der Waals surface area contributed by atoms with Crippen LogP contribution in [0.1, 0.15) is 56.1 Å². The van der Waals surface area contributed by atoms with Gasteiger partial charge in [0.05, 0.1) is 5.92 Å². The number of nitrogens with zero attached hydrogens (tertiary/aromatic N) is 1. The number of ether oxygens (including phenoxy) is 1. The van der Waals surface area contributed by atoms with Gasteiger partial charge in [0, 0.05) is 24.4 Å². The van der Waals surface area contributed by atoms with Crippen molar-refractivity contribution in [2.24, 2.45) is 17.6 Å². The highest BCUT2D eigenvalue weighted by atomic mass is 35.5. The molecule has 8 heteroatoms. The first kappa shape index (κ1) is 26.7. The van der Waals surface area contributed by atoms with Crippen LogP contribution in [0.2, 0.25) is 5.02 Å². The first-order valence-electron chi connectivity index (χ1n) is 12.9. The van der Waals surface area contributed by atoms with Crippen LogP contribution in [0.15, 0.2) is 54.6 Å². The van der Waals surface area contributed by atoms with Gasteiger partial charge in [-0.2, -0.15) is 0 Å². The Morgan fingerprint density at radius 2 is 1.84 bits per heavy atom. The van der Waals surface area contributed by atoms with Crippen LogP contribution in [0.3, 0.4) is 0 Å². The molecule has 0 saturated heterocycles. The summed E-state index contributed by atoms with van der Waals surface area (Å²) in [7, 11) is 0. The number of hydrogen-bond donors (Lipinski definition) is 2. The zero-order valence-electron chi connectivity index (χ0n) is 20.8. The van der Waals surface area contributed by atoms with Crippen LogP contribution >= 0.6 is 11.6 Å². The largest absolute Gasteiger partial charge is 0.481 e. The predicted octanol–water partition coefficient (Wildman–Crippen LogP) is 5.49. The Morgan fingerprint density at radius 3 is 2.57 bits per heavy atom. The number of carboxylic acid groups (broad SMARTS) is 1. The zero-order chi connectivity index (χ0) is 26.4. The van der Waals surface area contributed by atoms with Crippen molar-refractivity contribution in [3.63, 3.8) is 0 Å². The molecule has 0 bridgehead atoms. The van der Waals surface area contributed by atoms with E-state index in [1.54, 1.807) is 17.0 Å². The van der Waals surface area contributed by atoms with Crippen molar-refractivity contribution in [1.82, 2.24) is 4.90 Å². The zero-order valence-corrected chi connectivity index (χ0v) is 21.5. The quantitative estimate of drug-likeness (QED) is 0.282. The summed E-state index contributed by atoms with van der Waals surface area (Å²) in [5.41, 5.74) is 7.62. The molecule has 1 fully saturated rings. The van der Waals surface area contributed by atoms with Crippen LogP contribution in [-0.4, -0.2) is 33.8 Å². The molecule has 1 heterocycles. The van der Waals surface area contributed by atoms with Crippen molar-refractivity contribution in [2.45, 2.75) is 64.0 Å². The summed E-state index contributed by atoms with van der Waals surface area (Å²) in [5.74, 6) is -0.00460. The normalized spacial score (nSPS) is 20.5. The van der Waals surface area contributed by atoms with Crippen molar-refractivity contribution >= 4 is 29.4 Å². The molecule has 2 amide bonds. The summed E-state index contributed by atoms with van der Waals surface area (Å²) in [4.78, 5) is 37.7. The third-order valence-corrected chi connectivity index (χ3v) is 7.28. The number of unbranched alkanes of at least 4 members (excludes halogenated alkanes) is 4. The topological polar surface area (TPSA) is 110 Å². The van der Waals surface area contributed by atoms with Crippen LogP contribution in [0, 0.1) is 11.8 Å². The fourth-order valence-corrected chi connectivity index (χ4v) is 5.00. The molecule has 2 aromatic carbocycles. The van der Waals surface area contributed by atoms with E-state index < -0.39 is 17.9 Å². The van der Waals surface area contributed by atoms with Gasteiger partial charge in [-0.1, -0.05) is 48.7 Å². The molecule has 4 rings (SSSR count). The molecule has 2 aliphatic rings. The Bertz CT molecular complexity index is 1180. The van der Waals surface area contributed by atoms with Gasteiger partial charge in [-0.05, 0) is 73.1 Å². The molecule has 3 atom stereocenters. The smallest absolute Gasteiger partial charge is 0.307 e. The van der Waals surface area contributed by atoms with Gasteiger partial charge in [-0.15, -0.1) is 0 Å². The molecule has 2 aromatic rings. The summed E-state index contributed by atoms with van der Waals surface area (Å²) in [6, 6.07) is 12.1. The van der Waals surface area contributed by atoms with Gasteiger partial charge in [0.25, 0.3) is 0 Å². The minimum absolute atomic E-state index is 0.0537. The van der Waals surface area contributed by atoms with Crippen LogP contribution in [0.4, 0.5) is 0 Å². The van der Waals surface area contributed by atoms with Crippen molar-refractivity contribution in [1.29, 1.82) is 0 Å². The molecular formula is C29H33ClN2O5. The monoisotopic (exact) mass is 524 g/mol. The number of halogens is 1. The van der Waals surface area contributed by atoms with Gasteiger partial charge in [0.1, 0.15) is 17.5 Å². The van der Waals surface area contributed by atoms with Crippen molar-refractivity contribution in [2.75, 3.05) is 0 Å². The van der Waals surface area contributed by atoms with Crippen LogP contribution in [-0.2, 0) is 27.3 Å². The van der Waals surface area contributed by atoms with E-state index in [0.717, 1.165) is 49.7 Å². The molecule has 1 saturated carbocycles. The first-order valence-corrected chi connectivity index (χ1v) is 13.2. The second-order valence-corrected chi connectivity index (χ2v) is 10.3. The summed E-state index contributed by atoms with van der Waals surface area (Å²) in [5, 5.41) is 9.51. The number of carbonyl (C=O) groups is 3. The number of fused-ring (bicyclic) bond motifs is 1. The van der Waals surface area contributed by atoms with E-state index in [1.807, 2.05) is 36.4 Å². The van der Waals surface area contributed by atoms with Crippen molar-refractivity contribution in [3.05, 3.63) is 70.8 Å². The molecule has 0 spiro atoms. The van der Waals surface area contributed by atoms with Crippen molar-refractivity contribution in [3.8, 4) is 11.5 Å². The highest BCUT2D eigenvalue weighted by molar-refractivity contribution is 6.30. The molecule has 7 nitrogen and oxygen atoms in total. The third-order valence-electron chi connectivity index (χ3n) is 7.04. The van der Waals surface area contributed by atoms with Crippen LogP contribution in [0.5, 0.6) is 11.5 Å². The molecule has 3 N–H and O–H groups in total. The number of aliphatic carboxylic acids is 1. The molecule has 1 aliphatic heterocycles. The van der Waals surface area contributed by atoms with Crippen LogP contribution < -0.4 is 10.5 Å². The number of rotatable bonds is 12. The lowest BCUT2D eigenvalue weighted by Crippen LogP contribution is -2.51. The highest BCUT2D eigenvalue weighted by Crippen LogP contribution is 2.39. The number of hydrogen-bond acceptors (Lipinski definition) is 4. The predicted molar refractivity (Wildman–Crippen MR) is 141 cm³/mol. The van der Waals surface area contributed by atoms with E-state index in [-0.39, 0.29) is 17.7 Å². The van der Waals surface area contributed by atoms with Crippen molar-refractivity contribution < 1.29 is 24.2 Å². The Hall–Kier alpha value is -3.32. The fourth-order valence-electron chi connectivity index (χ4n) is 4.82. The van der Waals surface area contributed by atoms with E-state index in [0.29, 0.717) is 35.9 Å². The van der Waals surface area contributed by atoms with E-state index >= 15 is 0 Å². The number of primary amides is 1. The SMILES string of the molecule is NC(=O)C1Cc2cc(Oc3cccc(Cl)c3)ccc2CN1C(=O)CCCCCC/C=C\[C@@H]1C[C@@H]1C(=O)O. The number of nitrogens with two attached hydrogens (primary N) is 1. The maximum Gasteiger partial charge on any atom is 0.307 e. The number of carbonyl (C=O) groups excluding carboxylic acids is 2. The fraction of sp³-hybridized carbons (Fsp3) is 0.414. The molecule has 1 aliphatic carbocycles. The number of allylic oxidation sites excluding steroid dienone is 2. The van der Waals surface area contributed by atoms with Gasteiger partial charge in [-0.25, -0.2) is 0 Å². The Morgan fingerprint density at radius 1 is 1.05 bits per heavy atom. The minimum atomic E-state index is -0.706. The van der Waals surface area contributed by atoms with E-state index in [9.17, 15) is 14.4 Å². The number of benzene rings is 2. The third kappa shape index (κ3) is 7.35. The summed E-state index contributed by atoms with van der Waals surface area (Å²) < 4.78 is 5.92. The molecule has 1 unspecified atom stereocenters. The minimum Gasteiger partial charge on any atom is -0.481 e. The molecular weight excluding hydrogens is 492 g/mol. The Kier molecular flexibility index (Phi) is 8.87. The van der Waals surface area contributed by atoms with E-state index in [4.69, 9.17) is 27.2 Å². The average molecular weight is 525 g/mol. The summed E-state index contributed by atoms with van der Waals surface area (Å²) >= 11 is 6.04. The average Bonchev–Trinajstić information content (AvgIpc) is 3.64. The number of carboxylic acids is 1. The second kappa shape index (κ2) is 12.3. The molecule has 37 heavy (non-hydrogen) atoms. The van der Waals surface area contributed by atoms with Gasteiger partial charge in [0.2, 0.25) is 11.8 Å². The summed E-state index contributed by atoms with van der Waals surface area (Å²) in [6.45, 7) is 0.350. The number of amides is 2. The first-order chi connectivity index (χ1) is 17.8. The maximum atomic E-state index is 13.0. The lowest BCUT2D eigenvalue weighted by atomic mass is 9.92. The molecule has 0 aromatic heterocycles. The standard InChI is InChI=1S/C29H33ClN2O5/c30-22-9-7-10-23(17-22)37-24-13-12-20-18-32(26(28(31)34)16-21(20)14-24)27(33)11-6-4-2-1-3-5-8-19-15-25(19)29(35)36/h5,7-10,12-14,17,19,25-26H,1-4,6,11,15-16,18H2,(H2,31,34)(H,35,36)/b8-5-/t19-,25+,26?/m1/s1. The molecule has 0 radical (unpaired) electrons. The second-order valence-electron chi connectivity index (χ2n) is 9.86. The van der Waals surface area contributed by atoms with E-state index in [2.05, 4.69) is 6.08 Å². The van der Waals surface area contributed by atoms with E-state index in [1.165, 1.54) is 0 Å². The lowest BCUT2D eigenvalue weighted by molar-refractivity contribution is -0.140. The van der Waals surface area contributed by atoms with Crippen LogP contribution in [0.25, 0.3) is 0 Å². The summed E-state index contributed by atoms with van der Waals surface area (Å²) in [6.07, 6.45) is 10.2. The Balaban J connectivity index is 1.24. The highest BCUT2D eigenvalue weighted by Gasteiger charge is 2.40. The van der Waals surface area contributed by atoms with Gasteiger partial charge in [0.15, 0.2) is 0 Å². The Labute approximate surface area is 222 Å². The van der Waals surface area contributed by atoms with Gasteiger partial charge < -0.3 is 20.5 Å². The maximum absolute atomic E-state index is 13.0. The van der Waals surface area contributed by atoms with Gasteiger partial charge in [-0.3, -0.25) is 14.4 Å².